The van der Waals surface area contributed by atoms with Gasteiger partial charge in [0, 0.05) is 42.9 Å². The fraction of sp³-hybridized carbons (Fsp3) is 0.360. The maximum absolute atomic E-state index is 13.3. The van der Waals surface area contributed by atoms with Crippen LogP contribution >= 0.6 is 12.2 Å². The summed E-state index contributed by atoms with van der Waals surface area (Å²) in [6, 6.07) is 14.1. The summed E-state index contributed by atoms with van der Waals surface area (Å²) in [5.41, 5.74) is 3.29. The predicted molar refractivity (Wildman–Crippen MR) is 134 cm³/mol. The molecule has 0 aliphatic carbocycles. The van der Waals surface area contributed by atoms with Gasteiger partial charge in [-0.05, 0) is 72.1 Å². The summed E-state index contributed by atoms with van der Waals surface area (Å²) < 4.78 is 18.7. The zero-order valence-corrected chi connectivity index (χ0v) is 19.6. The zero-order valence-electron chi connectivity index (χ0n) is 18.8. The van der Waals surface area contributed by atoms with E-state index in [-0.39, 0.29) is 11.4 Å². The van der Waals surface area contributed by atoms with E-state index < -0.39 is 0 Å². The number of ether oxygens (including phenoxy) is 1. The van der Waals surface area contributed by atoms with Crippen molar-refractivity contribution in [3.05, 3.63) is 75.8 Å². The molecule has 1 aliphatic rings. The second-order valence-corrected chi connectivity index (χ2v) is 8.60. The number of pyridine rings is 1. The highest BCUT2D eigenvalue weighted by atomic mass is 32.1. The number of fused-ring (bicyclic) bond motifs is 1. The first-order chi connectivity index (χ1) is 16.0. The topological polar surface area (TPSA) is 60.6 Å². The Labute approximate surface area is 198 Å². The van der Waals surface area contributed by atoms with Gasteiger partial charge in [-0.3, -0.25) is 9.69 Å². The second kappa shape index (κ2) is 10.9. The van der Waals surface area contributed by atoms with Crippen molar-refractivity contribution < 1.29 is 9.13 Å². The Hall–Kier alpha value is -2.81. The fourth-order valence-electron chi connectivity index (χ4n) is 3.92. The molecule has 0 amide bonds. The van der Waals surface area contributed by atoms with E-state index in [1.165, 1.54) is 17.7 Å². The molecule has 6 nitrogen and oxygen atoms in total. The normalized spacial score (nSPS) is 14.4. The minimum atomic E-state index is -0.301. The number of thiocarbonyl (C=S) groups is 1. The van der Waals surface area contributed by atoms with Crippen molar-refractivity contribution in [1.29, 1.82) is 0 Å². The largest absolute Gasteiger partial charge is 0.379 e. The number of aromatic amines is 1. The van der Waals surface area contributed by atoms with Crippen molar-refractivity contribution >= 4 is 33.9 Å². The average Bonchev–Trinajstić information content (AvgIpc) is 2.83. The quantitative estimate of drug-likeness (QED) is 0.515. The minimum absolute atomic E-state index is 0.118. The van der Waals surface area contributed by atoms with Crippen LogP contribution in [0.2, 0.25) is 0 Å². The van der Waals surface area contributed by atoms with Gasteiger partial charge in [0.1, 0.15) is 5.82 Å². The molecule has 33 heavy (non-hydrogen) atoms. The first-order valence-corrected chi connectivity index (χ1v) is 11.7. The van der Waals surface area contributed by atoms with Crippen LogP contribution in [-0.4, -0.2) is 59.3 Å². The van der Waals surface area contributed by atoms with Crippen LogP contribution in [0.3, 0.4) is 0 Å². The first-order valence-electron chi connectivity index (χ1n) is 11.3. The number of aromatic nitrogens is 1. The average molecular weight is 469 g/mol. The number of anilines is 1. The summed E-state index contributed by atoms with van der Waals surface area (Å²) in [5, 5.41) is 4.69. The number of hydrogen-bond acceptors (Lipinski definition) is 4. The molecule has 1 aliphatic heterocycles. The molecule has 0 spiro atoms. The third kappa shape index (κ3) is 6.16. The number of halogens is 1. The molecule has 174 valence electrons. The number of aryl methyl sites for hydroxylation is 1. The zero-order chi connectivity index (χ0) is 23.2. The van der Waals surface area contributed by atoms with Gasteiger partial charge >= 0.3 is 0 Å². The van der Waals surface area contributed by atoms with Crippen molar-refractivity contribution in [2.24, 2.45) is 0 Å². The lowest BCUT2D eigenvalue weighted by atomic mass is 10.1. The number of nitrogens with one attached hydrogen (secondary N) is 2. The molecule has 1 fully saturated rings. The number of H-pyrrole nitrogens is 1. The molecule has 0 atom stereocenters. The number of morpholine rings is 1. The number of rotatable bonds is 7. The molecule has 0 unspecified atom stereocenters. The van der Waals surface area contributed by atoms with E-state index in [1.54, 1.807) is 12.1 Å². The molecule has 0 saturated carbocycles. The Bertz CT molecular complexity index is 1160. The van der Waals surface area contributed by atoms with Gasteiger partial charge in [0.05, 0.1) is 19.8 Å². The van der Waals surface area contributed by atoms with E-state index >= 15 is 0 Å². The molecule has 8 heteroatoms. The highest BCUT2D eigenvalue weighted by molar-refractivity contribution is 7.80. The summed E-state index contributed by atoms with van der Waals surface area (Å²) in [7, 11) is 0. The van der Waals surface area contributed by atoms with Crippen molar-refractivity contribution in [1.82, 2.24) is 14.8 Å². The number of nitrogens with zero attached hydrogens (tertiary/aromatic N) is 2. The summed E-state index contributed by atoms with van der Waals surface area (Å²) >= 11 is 5.70. The van der Waals surface area contributed by atoms with Gasteiger partial charge in [-0.25, -0.2) is 4.39 Å². The Morgan fingerprint density at radius 3 is 2.67 bits per heavy atom. The predicted octanol–water partition coefficient (Wildman–Crippen LogP) is 3.76. The lowest BCUT2D eigenvalue weighted by Gasteiger charge is -2.31. The molecule has 3 aromatic rings. The molecule has 1 aromatic heterocycles. The van der Waals surface area contributed by atoms with Crippen molar-refractivity contribution in [3.63, 3.8) is 0 Å². The van der Waals surface area contributed by atoms with Crippen molar-refractivity contribution in [2.75, 3.05) is 44.7 Å². The Morgan fingerprint density at radius 2 is 1.94 bits per heavy atom. The highest BCUT2D eigenvalue weighted by Crippen LogP contribution is 2.16. The van der Waals surface area contributed by atoms with E-state index in [4.69, 9.17) is 17.0 Å². The Balaban J connectivity index is 1.56. The standard InChI is InChI=1S/C25H29FN4O2S/c1-2-18-3-8-23-19(15-18)16-20(24(31)28-23)17-30(10-9-29-11-13-32-14-12-29)25(33)27-22-6-4-21(26)5-7-22/h3-8,15-16H,2,9-14,17H2,1H3,(H,27,33)(H,28,31). The van der Waals surface area contributed by atoms with E-state index in [0.717, 1.165) is 50.2 Å². The molecule has 2 heterocycles. The van der Waals surface area contributed by atoms with Crippen LogP contribution in [0.1, 0.15) is 18.1 Å². The van der Waals surface area contributed by atoms with Crippen LogP contribution in [0, 0.1) is 5.82 Å². The minimum Gasteiger partial charge on any atom is -0.379 e. The van der Waals surface area contributed by atoms with Gasteiger partial charge < -0.3 is 19.9 Å². The SMILES string of the molecule is CCc1ccc2[nH]c(=O)c(CN(CCN3CCOCC3)C(=S)Nc3ccc(F)cc3)cc2c1. The van der Waals surface area contributed by atoms with E-state index in [1.807, 2.05) is 23.1 Å². The number of hydrogen-bond donors (Lipinski definition) is 2. The summed E-state index contributed by atoms with van der Waals surface area (Å²) in [4.78, 5) is 20.2. The maximum atomic E-state index is 13.3. The molecular formula is C25H29FN4O2S. The first kappa shape index (κ1) is 23.4. The van der Waals surface area contributed by atoms with Crippen LogP contribution < -0.4 is 10.9 Å². The third-order valence-corrected chi connectivity index (χ3v) is 6.29. The van der Waals surface area contributed by atoms with Crippen LogP contribution in [-0.2, 0) is 17.7 Å². The molecule has 2 aromatic carbocycles. The molecule has 0 radical (unpaired) electrons. The lowest BCUT2D eigenvalue weighted by molar-refractivity contribution is 0.0358. The van der Waals surface area contributed by atoms with Gasteiger partial charge in [-0.2, -0.15) is 0 Å². The third-order valence-electron chi connectivity index (χ3n) is 5.93. The highest BCUT2D eigenvalue weighted by Gasteiger charge is 2.17. The van der Waals surface area contributed by atoms with Crippen LogP contribution in [0.15, 0.2) is 53.3 Å². The van der Waals surface area contributed by atoms with Crippen LogP contribution in [0.5, 0.6) is 0 Å². The van der Waals surface area contributed by atoms with Crippen molar-refractivity contribution in [2.45, 2.75) is 19.9 Å². The van der Waals surface area contributed by atoms with Crippen LogP contribution in [0.25, 0.3) is 10.9 Å². The second-order valence-electron chi connectivity index (χ2n) is 8.21. The molecule has 0 bridgehead atoms. The van der Waals surface area contributed by atoms with Gasteiger partial charge in [0.25, 0.3) is 5.56 Å². The fourth-order valence-corrected chi connectivity index (χ4v) is 4.19. The maximum Gasteiger partial charge on any atom is 0.253 e. The summed E-state index contributed by atoms with van der Waals surface area (Å²) in [6.45, 7) is 7.15. The van der Waals surface area contributed by atoms with Gasteiger partial charge in [0.15, 0.2) is 5.11 Å². The summed E-state index contributed by atoms with van der Waals surface area (Å²) in [6.07, 6.45) is 0.932. The van der Waals surface area contributed by atoms with Crippen molar-refractivity contribution in [3.8, 4) is 0 Å². The smallest absolute Gasteiger partial charge is 0.253 e. The summed E-state index contributed by atoms with van der Waals surface area (Å²) in [5.74, 6) is -0.301. The van der Waals surface area contributed by atoms with E-state index in [9.17, 15) is 9.18 Å². The van der Waals surface area contributed by atoms with E-state index in [2.05, 4.69) is 28.2 Å². The molecule has 2 N–H and O–H groups in total. The van der Waals surface area contributed by atoms with E-state index in [0.29, 0.717) is 29.5 Å². The molecule has 1 saturated heterocycles. The van der Waals surface area contributed by atoms with Gasteiger partial charge in [-0.1, -0.05) is 13.0 Å². The molecular weight excluding hydrogens is 439 g/mol. The lowest BCUT2D eigenvalue weighted by Crippen LogP contribution is -2.44. The van der Waals surface area contributed by atoms with Gasteiger partial charge in [0.2, 0.25) is 0 Å². The monoisotopic (exact) mass is 468 g/mol. The Morgan fingerprint density at radius 1 is 1.18 bits per heavy atom. The molecule has 4 rings (SSSR count). The Kier molecular flexibility index (Phi) is 7.69. The van der Waals surface area contributed by atoms with Gasteiger partial charge in [-0.15, -0.1) is 0 Å². The number of benzene rings is 2. The van der Waals surface area contributed by atoms with Crippen LogP contribution in [0.4, 0.5) is 10.1 Å².